The van der Waals surface area contributed by atoms with Gasteiger partial charge in [0.1, 0.15) is 0 Å². The maximum atomic E-state index is 12.7. The molecule has 0 aromatic heterocycles. The van der Waals surface area contributed by atoms with E-state index in [4.69, 9.17) is 24.0 Å². The van der Waals surface area contributed by atoms with Crippen molar-refractivity contribution in [3.8, 4) is 0 Å². The van der Waals surface area contributed by atoms with Crippen LogP contribution < -0.4 is 5.32 Å². The third kappa shape index (κ3) is 4.91. The Morgan fingerprint density at radius 1 is 1.11 bits per heavy atom. The fourth-order valence-electron chi connectivity index (χ4n) is 6.99. The number of nitrogens with one attached hydrogen (secondary N) is 1. The summed E-state index contributed by atoms with van der Waals surface area (Å²) in [5.41, 5.74) is 0.748. The molecule has 1 amide bonds. The van der Waals surface area contributed by atoms with Crippen molar-refractivity contribution in [3.05, 3.63) is 11.6 Å². The lowest BCUT2D eigenvalue weighted by Crippen LogP contribution is -2.70. The van der Waals surface area contributed by atoms with Crippen LogP contribution in [0.5, 0.6) is 0 Å². The summed E-state index contributed by atoms with van der Waals surface area (Å²) in [6, 6.07) is 0. The number of ether oxygens (including phenoxy) is 3. The summed E-state index contributed by atoms with van der Waals surface area (Å²) in [6.45, 7) is 6.81. The molecule has 2 aliphatic carbocycles. The standard InChI is InChI=1S/C27H41NO7/c1-17-9-10-21-18(2)24(32-25-27(21)20(17)13-15-26(3,33-25)34-35-27)31-23(30)12-11-22(29)28-16-14-19-7-5-4-6-8-19/h7,17-18,20-21,24-25H,4-6,8-16H2,1-3H3,(H,28,29)/t17-,18-,20+,21+,24-,25-,26+,27?/m1/s1. The van der Waals surface area contributed by atoms with E-state index in [0.29, 0.717) is 12.5 Å². The fourth-order valence-corrected chi connectivity index (χ4v) is 6.99. The molecule has 0 aromatic rings. The van der Waals surface area contributed by atoms with Crippen LogP contribution in [0.15, 0.2) is 11.6 Å². The lowest BCUT2D eigenvalue weighted by atomic mass is 9.58. The summed E-state index contributed by atoms with van der Waals surface area (Å²) in [5, 5.41) is 2.93. The average Bonchev–Trinajstić information content (AvgIpc) is 3.07. The minimum atomic E-state index is -0.863. The molecular formula is C27H41NO7. The maximum absolute atomic E-state index is 12.7. The molecular weight excluding hydrogens is 450 g/mol. The van der Waals surface area contributed by atoms with Crippen LogP contribution in [0.2, 0.25) is 0 Å². The largest absolute Gasteiger partial charge is 0.435 e. The number of hydrogen-bond donors (Lipinski definition) is 1. The van der Waals surface area contributed by atoms with Gasteiger partial charge in [-0.25, -0.2) is 9.78 Å². The molecule has 6 rings (SSSR count). The first-order valence-electron chi connectivity index (χ1n) is 13.6. The van der Waals surface area contributed by atoms with Crippen LogP contribution in [-0.2, 0) is 33.6 Å². The van der Waals surface area contributed by atoms with E-state index in [1.165, 1.54) is 18.4 Å². The van der Waals surface area contributed by atoms with E-state index in [2.05, 4.69) is 25.2 Å². The first-order chi connectivity index (χ1) is 16.8. The Labute approximate surface area is 208 Å². The Morgan fingerprint density at radius 2 is 1.97 bits per heavy atom. The van der Waals surface area contributed by atoms with Crippen molar-refractivity contribution in [1.29, 1.82) is 0 Å². The van der Waals surface area contributed by atoms with Crippen molar-refractivity contribution in [2.75, 3.05) is 6.54 Å². The third-order valence-electron chi connectivity index (χ3n) is 9.05. The highest BCUT2D eigenvalue weighted by Gasteiger charge is 2.69. The Morgan fingerprint density at radius 3 is 2.77 bits per heavy atom. The monoisotopic (exact) mass is 491 g/mol. The highest BCUT2D eigenvalue weighted by Crippen LogP contribution is 2.60. The molecule has 4 aliphatic heterocycles. The van der Waals surface area contributed by atoms with Gasteiger partial charge in [0.15, 0.2) is 11.9 Å². The van der Waals surface area contributed by atoms with E-state index in [1.54, 1.807) is 0 Å². The molecule has 0 aromatic carbocycles. The highest BCUT2D eigenvalue weighted by atomic mass is 17.3. The summed E-state index contributed by atoms with van der Waals surface area (Å²) < 4.78 is 18.4. The lowest BCUT2D eigenvalue weighted by molar-refractivity contribution is -0.576. The summed E-state index contributed by atoms with van der Waals surface area (Å²) >= 11 is 0. The van der Waals surface area contributed by atoms with Gasteiger partial charge >= 0.3 is 5.97 Å². The van der Waals surface area contributed by atoms with E-state index < -0.39 is 29.9 Å². The van der Waals surface area contributed by atoms with Crippen LogP contribution in [0, 0.1) is 23.7 Å². The van der Waals surface area contributed by atoms with Gasteiger partial charge in [0.05, 0.1) is 6.42 Å². The fraction of sp³-hybridized carbons (Fsp3) is 0.852. The van der Waals surface area contributed by atoms with Crippen LogP contribution in [-0.4, -0.2) is 42.4 Å². The van der Waals surface area contributed by atoms with Gasteiger partial charge in [-0.05, 0) is 70.1 Å². The summed E-state index contributed by atoms with van der Waals surface area (Å²) in [6.07, 6.45) is 10.4. The molecule has 8 nitrogen and oxygen atoms in total. The van der Waals surface area contributed by atoms with Gasteiger partial charge in [0, 0.05) is 31.2 Å². The van der Waals surface area contributed by atoms with E-state index in [9.17, 15) is 9.59 Å². The molecule has 8 heteroatoms. The predicted molar refractivity (Wildman–Crippen MR) is 126 cm³/mol. The maximum Gasteiger partial charge on any atom is 0.308 e. The highest BCUT2D eigenvalue weighted by molar-refractivity contribution is 5.81. The summed E-state index contributed by atoms with van der Waals surface area (Å²) in [7, 11) is 0. The van der Waals surface area contributed by atoms with Gasteiger partial charge < -0.3 is 19.5 Å². The lowest BCUT2D eigenvalue weighted by Gasteiger charge is -2.59. The number of hydrogen-bond acceptors (Lipinski definition) is 7. The molecule has 8 atom stereocenters. The summed E-state index contributed by atoms with van der Waals surface area (Å²) in [4.78, 5) is 36.9. The van der Waals surface area contributed by atoms with Crippen molar-refractivity contribution in [3.63, 3.8) is 0 Å². The zero-order valence-electron chi connectivity index (χ0n) is 21.4. The minimum absolute atomic E-state index is 0.0272. The molecule has 5 fully saturated rings. The Kier molecular flexibility index (Phi) is 7.28. The molecule has 196 valence electrons. The molecule has 4 saturated heterocycles. The SMILES string of the molecule is C[C@H]1[C@H](OC(=O)CCC(=O)NCCC2=CCCCC2)O[C@@H]2O[C@]3(C)CC[C@H]4[C@H](C)CC[C@@H]1C24OO3. The van der Waals surface area contributed by atoms with Crippen LogP contribution in [0.25, 0.3) is 0 Å². The number of allylic oxidation sites excluding steroid dienone is 1. The Bertz CT molecular complexity index is 845. The third-order valence-corrected chi connectivity index (χ3v) is 9.05. The Balaban J connectivity index is 1.15. The van der Waals surface area contributed by atoms with Gasteiger partial charge in [-0.15, -0.1) is 0 Å². The molecule has 1 saturated carbocycles. The van der Waals surface area contributed by atoms with Gasteiger partial charge in [0.25, 0.3) is 0 Å². The van der Waals surface area contributed by atoms with Crippen molar-refractivity contribution >= 4 is 11.9 Å². The molecule has 6 aliphatic rings. The van der Waals surface area contributed by atoms with Crippen LogP contribution in [0.1, 0.15) is 91.4 Å². The number of esters is 1. The second-order valence-corrected chi connectivity index (χ2v) is 11.5. The van der Waals surface area contributed by atoms with Crippen LogP contribution >= 0.6 is 0 Å². The second kappa shape index (κ2) is 10.1. The minimum Gasteiger partial charge on any atom is -0.435 e. The van der Waals surface area contributed by atoms with E-state index in [0.717, 1.165) is 44.9 Å². The van der Waals surface area contributed by atoms with Crippen molar-refractivity contribution in [2.24, 2.45) is 23.7 Å². The first kappa shape index (κ1) is 25.2. The molecule has 4 heterocycles. The van der Waals surface area contributed by atoms with Gasteiger partial charge in [-0.1, -0.05) is 25.5 Å². The van der Waals surface area contributed by atoms with Crippen LogP contribution in [0.4, 0.5) is 0 Å². The van der Waals surface area contributed by atoms with Gasteiger partial charge in [0.2, 0.25) is 18.0 Å². The van der Waals surface area contributed by atoms with E-state index in [1.807, 2.05) is 6.92 Å². The Hall–Kier alpha value is -1.48. The molecule has 1 spiro atoms. The zero-order chi connectivity index (χ0) is 24.6. The van der Waals surface area contributed by atoms with Crippen molar-refractivity contribution < 1.29 is 33.6 Å². The molecule has 35 heavy (non-hydrogen) atoms. The second-order valence-electron chi connectivity index (χ2n) is 11.5. The normalized spacial score (nSPS) is 42.4. The predicted octanol–water partition coefficient (Wildman–Crippen LogP) is 4.52. The number of carbonyl (C=O) groups is 2. The topological polar surface area (TPSA) is 92.3 Å². The number of carbonyl (C=O) groups excluding carboxylic acids is 2. The quantitative estimate of drug-likeness (QED) is 0.318. The zero-order valence-corrected chi connectivity index (χ0v) is 21.4. The molecule has 1 unspecified atom stereocenters. The van der Waals surface area contributed by atoms with E-state index >= 15 is 0 Å². The summed E-state index contributed by atoms with van der Waals surface area (Å²) in [5.74, 6) is -0.643. The van der Waals surface area contributed by atoms with E-state index in [-0.39, 0.29) is 36.5 Å². The van der Waals surface area contributed by atoms with Crippen molar-refractivity contribution in [2.45, 2.75) is 115 Å². The number of amides is 1. The number of fused-ring (bicyclic) bond motifs is 2. The van der Waals surface area contributed by atoms with Crippen LogP contribution in [0.3, 0.4) is 0 Å². The smallest absolute Gasteiger partial charge is 0.308 e. The molecule has 1 N–H and O–H groups in total. The van der Waals surface area contributed by atoms with Gasteiger partial charge in [-0.2, -0.15) is 0 Å². The molecule has 0 radical (unpaired) electrons. The molecule has 2 bridgehead atoms. The number of rotatable bonds is 7. The van der Waals surface area contributed by atoms with Crippen molar-refractivity contribution in [1.82, 2.24) is 5.32 Å². The average molecular weight is 492 g/mol. The van der Waals surface area contributed by atoms with Gasteiger partial charge in [-0.3, -0.25) is 9.59 Å². The first-order valence-corrected chi connectivity index (χ1v) is 13.6.